The minimum atomic E-state index is -4.48. The molecule has 0 fully saturated rings. The maximum atomic E-state index is 14.6. The summed E-state index contributed by atoms with van der Waals surface area (Å²) in [5.41, 5.74) is -0.281. The number of benzene rings is 2. The van der Waals surface area contributed by atoms with Crippen LogP contribution < -0.4 is 5.32 Å². The van der Waals surface area contributed by atoms with Crippen molar-refractivity contribution in [2.24, 2.45) is 0 Å². The van der Waals surface area contributed by atoms with Gasteiger partial charge in [-0.1, -0.05) is 35.9 Å². The molecule has 1 N–H and O–H groups in total. The predicted molar refractivity (Wildman–Crippen MR) is 114 cm³/mol. The van der Waals surface area contributed by atoms with Crippen LogP contribution in [0.2, 0.25) is 0 Å². The molecule has 174 valence electrons. The van der Waals surface area contributed by atoms with E-state index in [-0.39, 0.29) is 10.5 Å². The average Bonchev–Trinajstić information content (AvgIpc) is 2.69. The van der Waals surface area contributed by atoms with Gasteiger partial charge in [0, 0.05) is 5.56 Å². The molecule has 0 radical (unpaired) electrons. The Morgan fingerprint density at radius 1 is 1.03 bits per heavy atom. The fourth-order valence-corrected chi connectivity index (χ4v) is 3.77. The second kappa shape index (κ2) is 10.1. The summed E-state index contributed by atoms with van der Waals surface area (Å²) < 4.78 is 55.4. The van der Waals surface area contributed by atoms with Gasteiger partial charge in [-0.15, -0.1) is 0 Å². The first-order chi connectivity index (χ1) is 14.8. The molecular formula is C22H26FNO7S. The lowest BCUT2D eigenvalue weighted by atomic mass is 10.0. The van der Waals surface area contributed by atoms with E-state index in [2.05, 4.69) is 5.32 Å². The van der Waals surface area contributed by atoms with E-state index in [1.165, 1.54) is 30.3 Å². The van der Waals surface area contributed by atoms with Gasteiger partial charge in [-0.05, 0) is 45.9 Å². The lowest BCUT2D eigenvalue weighted by Crippen LogP contribution is -2.45. The first-order valence-corrected chi connectivity index (χ1v) is 11.1. The molecule has 0 spiro atoms. The highest BCUT2D eigenvalue weighted by Gasteiger charge is 2.39. The van der Waals surface area contributed by atoms with Crippen LogP contribution in [0.5, 0.6) is 0 Å². The molecule has 0 aromatic heterocycles. The van der Waals surface area contributed by atoms with Gasteiger partial charge in [0.2, 0.25) is 0 Å². The summed E-state index contributed by atoms with van der Waals surface area (Å²) in [6.07, 6.45) is -2.94. The number of halogens is 1. The summed E-state index contributed by atoms with van der Waals surface area (Å²) >= 11 is 0. The molecule has 0 heterocycles. The molecule has 0 aliphatic carbocycles. The first-order valence-electron chi connectivity index (χ1n) is 9.66. The Morgan fingerprint density at radius 3 is 2.16 bits per heavy atom. The van der Waals surface area contributed by atoms with Gasteiger partial charge in [0.25, 0.3) is 10.1 Å². The zero-order valence-electron chi connectivity index (χ0n) is 18.4. The van der Waals surface area contributed by atoms with Crippen molar-refractivity contribution in [3.05, 3.63) is 65.5 Å². The number of carbonyl (C=O) groups is 2. The van der Waals surface area contributed by atoms with Crippen molar-refractivity contribution >= 4 is 22.2 Å². The molecule has 0 bridgehead atoms. The normalized spacial score (nSPS) is 13.7. The van der Waals surface area contributed by atoms with Crippen LogP contribution in [0.3, 0.4) is 0 Å². The highest BCUT2D eigenvalue weighted by molar-refractivity contribution is 7.86. The molecule has 0 aliphatic rings. The Morgan fingerprint density at radius 2 is 1.62 bits per heavy atom. The van der Waals surface area contributed by atoms with E-state index in [4.69, 9.17) is 13.7 Å². The van der Waals surface area contributed by atoms with Crippen molar-refractivity contribution in [3.8, 4) is 0 Å². The zero-order chi connectivity index (χ0) is 24.1. The monoisotopic (exact) mass is 467 g/mol. The molecule has 2 unspecified atom stereocenters. The van der Waals surface area contributed by atoms with E-state index in [0.29, 0.717) is 0 Å². The number of esters is 1. The number of ether oxygens (including phenoxy) is 2. The number of amides is 1. The summed E-state index contributed by atoms with van der Waals surface area (Å²) in [5.74, 6) is -1.93. The molecular weight excluding hydrogens is 441 g/mol. The van der Waals surface area contributed by atoms with Crippen molar-refractivity contribution < 1.29 is 36.1 Å². The standard InChI is InChI=1S/C22H26FNO7S/c1-14-10-12-15(13-11-14)32(27,28)31-19(20(25)29-5)18(16-8-6-7-9-17(16)23)24-21(26)30-22(2,3)4/h6-13,18-19H,1-5H3,(H,24,26). The Bertz CT molecular complexity index is 1060. The van der Waals surface area contributed by atoms with Gasteiger partial charge in [-0.2, -0.15) is 8.42 Å². The smallest absolute Gasteiger partial charge is 0.408 e. The number of hydrogen-bond acceptors (Lipinski definition) is 7. The maximum Gasteiger partial charge on any atom is 0.408 e. The molecule has 0 saturated carbocycles. The van der Waals surface area contributed by atoms with Gasteiger partial charge in [-0.25, -0.2) is 18.2 Å². The van der Waals surface area contributed by atoms with Crippen LogP contribution in [0.25, 0.3) is 0 Å². The van der Waals surface area contributed by atoms with Crippen molar-refractivity contribution in [2.45, 2.75) is 50.3 Å². The second-order valence-corrected chi connectivity index (χ2v) is 9.52. The molecule has 2 aromatic carbocycles. The quantitative estimate of drug-likeness (QED) is 0.489. The Hall–Kier alpha value is -2.98. The number of rotatable bonds is 7. The number of alkyl carbamates (subject to hydrolysis) is 1. The van der Waals surface area contributed by atoms with Crippen LogP contribution in [-0.2, 0) is 28.6 Å². The first kappa shape index (κ1) is 25.3. The van der Waals surface area contributed by atoms with Crippen LogP contribution >= 0.6 is 0 Å². The largest absolute Gasteiger partial charge is 0.467 e. The molecule has 2 aromatic rings. The van der Waals surface area contributed by atoms with Crippen molar-refractivity contribution in [2.75, 3.05) is 7.11 Å². The lowest BCUT2D eigenvalue weighted by Gasteiger charge is -2.28. The van der Waals surface area contributed by atoms with Crippen molar-refractivity contribution in [1.29, 1.82) is 0 Å². The summed E-state index contributed by atoms with van der Waals surface area (Å²) in [5, 5.41) is 2.34. The molecule has 1 amide bonds. The lowest BCUT2D eigenvalue weighted by molar-refractivity contribution is -0.150. The molecule has 0 aliphatic heterocycles. The van der Waals surface area contributed by atoms with Crippen LogP contribution in [0, 0.1) is 12.7 Å². The average molecular weight is 468 g/mol. The van der Waals surface area contributed by atoms with Gasteiger partial charge in [0.15, 0.2) is 6.10 Å². The van der Waals surface area contributed by atoms with E-state index in [0.717, 1.165) is 18.7 Å². The van der Waals surface area contributed by atoms with Crippen LogP contribution in [-0.4, -0.2) is 39.3 Å². The van der Waals surface area contributed by atoms with E-state index >= 15 is 0 Å². The predicted octanol–water partition coefficient (Wildman–Crippen LogP) is 3.65. The summed E-state index contributed by atoms with van der Waals surface area (Å²) in [7, 11) is -3.47. The minimum absolute atomic E-state index is 0.187. The number of hydrogen-bond donors (Lipinski definition) is 1. The van der Waals surface area contributed by atoms with Gasteiger partial charge in [-0.3, -0.25) is 0 Å². The van der Waals surface area contributed by atoms with Crippen molar-refractivity contribution in [1.82, 2.24) is 5.32 Å². The highest BCUT2D eigenvalue weighted by atomic mass is 32.2. The minimum Gasteiger partial charge on any atom is -0.467 e. The Labute approximate surface area is 186 Å². The van der Waals surface area contributed by atoms with E-state index in [1.807, 2.05) is 0 Å². The van der Waals surface area contributed by atoms with E-state index < -0.39 is 45.7 Å². The molecule has 8 nitrogen and oxygen atoms in total. The Balaban J connectivity index is 2.51. The SMILES string of the molecule is COC(=O)C(OS(=O)(=O)c1ccc(C)cc1)C(NC(=O)OC(C)(C)C)c1ccccc1F. The van der Waals surface area contributed by atoms with Gasteiger partial charge >= 0.3 is 12.1 Å². The molecule has 0 saturated heterocycles. The number of nitrogens with one attached hydrogen (secondary N) is 1. The number of carbonyl (C=O) groups excluding carboxylic acids is 2. The topological polar surface area (TPSA) is 108 Å². The summed E-state index contributed by atoms with van der Waals surface area (Å²) in [6.45, 7) is 6.61. The van der Waals surface area contributed by atoms with Crippen LogP contribution in [0.15, 0.2) is 53.4 Å². The zero-order valence-corrected chi connectivity index (χ0v) is 19.2. The fourth-order valence-electron chi connectivity index (χ4n) is 2.72. The highest BCUT2D eigenvalue weighted by Crippen LogP contribution is 2.27. The maximum absolute atomic E-state index is 14.6. The summed E-state index contributed by atoms with van der Waals surface area (Å²) in [6, 6.07) is 9.39. The number of aryl methyl sites for hydroxylation is 1. The third-order valence-corrected chi connectivity index (χ3v) is 5.50. The Kier molecular flexibility index (Phi) is 7.97. The van der Waals surface area contributed by atoms with E-state index in [1.54, 1.807) is 39.8 Å². The molecule has 2 atom stereocenters. The van der Waals surface area contributed by atoms with Gasteiger partial charge < -0.3 is 14.8 Å². The second-order valence-electron chi connectivity index (χ2n) is 7.95. The fraction of sp³-hybridized carbons (Fsp3) is 0.364. The van der Waals surface area contributed by atoms with E-state index in [9.17, 15) is 22.4 Å². The molecule has 2 rings (SSSR count). The van der Waals surface area contributed by atoms with Crippen LogP contribution in [0.4, 0.5) is 9.18 Å². The molecule has 10 heteroatoms. The molecule has 32 heavy (non-hydrogen) atoms. The van der Waals surface area contributed by atoms with Crippen LogP contribution in [0.1, 0.15) is 37.9 Å². The third-order valence-electron chi connectivity index (χ3n) is 4.19. The third kappa shape index (κ3) is 6.76. The summed E-state index contributed by atoms with van der Waals surface area (Å²) in [4.78, 5) is 24.8. The van der Waals surface area contributed by atoms with Gasteiger partial charge in [0.05, 0.1) is 18.0 Å². The van der Waals surface area contributed by atoms with Gasteiger partial charge in [0.1, 0.15) is 11.4 Å². The van der Waals surface area contributed by atoms with Crippen molar-refractivity contribution in [3.63, 3.8) is 0 Å². The number of methoxy groups -OCH3 is 1.